The molecular formula is C14H24N6O. The van der Waals surface area contributed by atoms with Gasteiger partial charge >= 0.3 is 0 Å². The summed E-state index contributed by atoms with van der Waals surface area (Å²) in [5.41, 5.74) is 2.57. The minimum absolute atomic E-state index is 0.531. The molecule has 7 nitrogen and oxygen atoms in total. The predicted octanol–water partition coefficient (Wildman–Crippen LogP) is 0.835. The molecule has 3 N–H and O–H groups in total. The van der Waals surface area contributed by atoms with Crippen LogP contribution in [0.15, 0.2) is 6.33 Å². The SMILES string of the molecule is COc1c(NN)ncnc1N1CCC(N2CCCCC2)C1. The summed E-state index contributed by atoms with van der Waals surface area (Å²) in [6, 6.07) is 0.624. The predicted molar refractivity (Wildman–Crippen MR) is 82.4 cm³/mol. The van der Waals surface area contributed by atoms with Crippen LogP contribution in [0.4, 0.5) is 11.6 Å². The Bertz CT molecular complexity index is 477. The Balaban J connectivity index is 1.73. The van der Waals surface area contributed by atoms with Gasteiger partial charge in [0.25, 0.3) is 0 Å². The van der Waals surface area contributed by atoms with Gasteiger partial charge < -0.3 is 15.1 Å². The molecule has 0 saturated carbocycles. The van der Waals surface area contributed by atoms with Gasteiger partial charge in [0.1, 0.15) is 6.33 Å². The van der Waals surface area contributed by atoms with E-state index in [9.17, 15) is 0 Å². The van der Waals surface area contributed by atoms with Crippen LogP contribution in [0.3, 0.4) is 0 Å². The van der Waals surface area contributed by atoms with E-state index < -0.39 is 0 Å². The van der Waals surface area contributed by atoms with E-state index in [1.807, 2.05) is 0 Å². The zero-order chi connectivity index (χ0) is 14.7. The average Bonchev–Trinajstić information content (AvgIpc) is 3.04. The van der Waals surface area contributed by atoms with Crippen molar-refractivity contribution in [3.05, 3.63) is 6.33 Å². The molecule has 2 aliphatic heterocycles. The molecule has 1 unspecified atom stereocenters. The molecule has 3 rings (SSSR count). The fraction of sp³-hybridized carbons (Fsp3) is 0.714. The van der Waals surface area contributed by atoms with Gasteiger partial charge in [0.2, 0.25) is 5.75 Å². The van der Waals surface area contributed by atoms with E-state index in [-0.39, 0.29) is 0 Å². The number of likely N-dealkylation sites (tertiary alicyclic amines) is 1. The van der Waals surface area contributed by atoms with Crippen molar-refractivity contribution in [2.24, 2.45) is 5.84 Å². The lowest BCUT2D eigenvalue weighted by molar-refractivity contribution is 0.174. The molecule has 0 radical (unpaired) electrons. The normalized spacial score (nSPS) is 23.3. The zero-order valence-electron chi connectivity index (χ0n) is 12.6. The van der Waals surface area contributed by atoms with Crippen LogP contribution < -0.4 is 20.9 Å². The number of nitrogens with two attached hydrogens (primary N) is 1. The van der Waals surface area contributed by atoms with Crippen LogP contribution in [0, 0.1) is 0 Å². The van der Waals surface area contributed by atoms with Gasteiger partial charge in [-0.25, -0.2) is 15.8 Å². The molecule has 7 heteroatoms. The molecule has 116 valence electrons. The van der Waals surface area contributed by atoms with Gasteiger partial charge in [0, 0.05) is 19.1 Å². The van der Waals surface area contributed by atoms with Crippen molar-refractivity contribution < 1.29 is 4.74 Å². The second-order valence-electron chi connectivity index (χ2n) is 5.71. The van der Waals surface area contributed by atoms with Crippen molar-refractivity contribution in [1.29, 1.82) is 0 Å². The number of nitrogens with zero attached hydrogens (tertiary/aromatic N) is 4. The van der Waals surface area contributed by atoms with E-state index in [0.717, 1.165) is 18.9 Å². The number of nitrogens with one attached hydrogen (secondary N) is 1. The summed E-state index contributed by atoms with van der Waals surface area (Å²) < 4.78 is 5.44. The summed E-state index contributed by atoms with van der Waals surface area (Å²) >= 11 is 0. The molecule has 2 saturated heterocycles. The first kappa shape index (κ1) is 14.3. The van der Waals surface area contributed by atoms with Crippen LogP contribution in [-0.4, -0.2) is 54.2 Å². The largest absolute Gasteiger partial charge is 0.490 e. The molecule has 2 aliphatic rings. The highest BCUT2D eigenvalue weighted by atomic mass is 16.5. The Hall–Kier alpha value is -1.60. The van der Waals surface area contributed by atoms with Crippen molar-refractivity contribution in [2.45, 2.75) is 31.7 Å². The standard InChI is InChI=1S/C14H24N6O/c1-21-12-13(18-15)16-10-17-14(12)20-8-5-11(9-20)19-6-3-2-4-7-19/h10-11H,2-9,15H2,1H3,(H,16,17,18). The summed E-state index contributed by atoms with van der Waals surface area (Å²) in [5.74, 6) is 7.48. The lowest BCUT2D eigenvalue weighted by Gasteiger charge is -2.32. The third kappa shape index (κ3) is 2.89. The van der Waals surface area contributed by atoms with Gasteiger partial charge in [0.15, 0.2) is 11.6 Å². The Morgan fingerprint density at radius 2 is 2.05 bits per heavy atom. The van der Waals surface area contributed by atoms with Gasteiger partial charge in [-0.1, -0.05) is 6.42 Å². The highest BCUT2D eigenvalue weighted by Crippen LogP contribution is 2.34. The van der Waals surface area contributed by atoms with E-state index in [2.05, 4.69) is 25.2 Å². The number of anilines is 2. The third-order valence-corrected chi connectivity index (χ3v) is 4.50. The molecule has 0 aromatic carbocycles. The number of aromatic nitrogens is 2. The van der Waals surface area contributed by atoms with Crippen LogP contribution in [0.25, 0.3) is 0 Å². The van der Waals surface area contributed by atoms with Crippen molar-refractivity contribution in [3.63, 3.8) is 0 Å². The molecule has 1 aromatic heterocycles. The van der Waals surface area contributed by atoms with Gasteiger partial charge in [0.05, 0.1) is 7.11 Å². The minimum atomic E-state index is 0.531. The molecule has 0 amide bonds. The van der Waals surface area contributed by atoms with Crippen molar-refractivity contribution >= 4 is 11.6 Å². The Morgan fingerprint density at radius 3 is 2.76 bits per heavy atom. The monoisotopic (exact) mass is 292 g/mol. The zero-order valence-corrected chi connectivity index (χ0v) is 12.6. The minimum Gasteiger partial charge on any atom is -0.490 e. The summed E-state index contributed by atoms with van der Waals surface area (Å²) in [6.07, 6.45) is 6.74. The Labute approximate surface area is 125 Å². The number of ether oxygens (including phenoxy) is 1. The van der Waals surface area contributed by atoms with Crippen LogP contribution in [0.1, 0.15) is 25.7 Å². The first-order valence-corrected chi connectivity index (χ1v) is 7.68. The second-order valence-corrected chi connectivity index (χ2v) is 5.71. The first-order chi connectivity index (χ1) is 10.3. The molecule has 0 bridgehead atoms. The van der Waals surface area contributed by atoms with Crippen molar-refractivity contribution in [1.82, 2.24) is 14.9 Å². The number of piperidine rings is 1. The van der Waals surface area contributed by atoms with E-state index in [1.165, 1.54) is 45.1 Å². The fourth-order valence-corrected chi connectivity index (χ4v) is 3.40. The van der Waals surface area contributed by atoms with Crippen LogP contribution in [0.5, 0.6) is 5.75 Å². The molecule has 1 atom stereocenters. The number of hydrazine groups is 1. The van der Waals surface area contributed by atoms with Crippen LogP contribution >= 0.6 is 0 Å². The molecular weight excluding hydrogens is 268 g/mol. The molecule has 1 aromatic rings. The fourth-order valence-electron chi connectivity index (χ4n) is 3.40. The summed E-state index contributed by atoms with van der Waals surface area (Å²) in [7, 11) is 1.63. The number of nitrogen functional groups attached to an aromatic ring is 1. The van der Waals surface area contributed by atoms with Gasteiger partial charge in [-0.2, -0.15) is 0 Å². The summed E-state index contributed by atoms with van der Waals surface area (Å²) in [5, 5.41) is 0. The number of hydrogen-bond donors (Lipinski definition) is 2. The Kier molecular flexibility index (Phi) is 4.40. The quantitative estimate of drug-likeness (QED) is 0.628. The summed E-state index contributed by atoms with van der Waals surface area (Å²) in [4.78, 5) is 13.4. The first-order valence-electron chi connectivity index (χ1n) is 7.68. The summed E-state index contributed by atoms with van der Waals surface area (Å²) in [6.45, 7) is 4.46. The third-order valence-electron chi connectivity index (χ3n) is 4.50. The van der Waals surface area contributed by atoms with Gasteiger partial charge in [-0.15, -0.1) is 0 Å². The maximum absolute atomic E-state index is 5.49. The van der Waals surface area contributed by atoms with E-state index in [0.29, 0.717) is 17.6 Å². The van der Waals surface area contributed by atoms with Crippen LogP contribution in [0.2, 0.25) is 0 Å². The molecule has 3 heterocycles. The number of hydrogen-bond acceptors (Lipinski definition) is 7. The molecule has 0 aliphatic carbocycles. The van der Waals surface area contributed by atoms with Crippen molar-refractivity contribution in [2.75, 3.05) is 43.6 Å². The molecule has 21 heavy (non-hydrogen) atoms. The number of rotatable bonds is 4. The highest BCUT2D eigenvalue weighted by molar-refractivity contribution is 5.64. The molecule has 2 fully saturated rings. The second kappa shape index (κ2) is 6.44. The molecule has 0 spiro atoms. The maximum atomic E-state index is 5.49. The van der Waals surface area contributed by atoms with Gasteiger partial charge in [-0.05, 0) is 32.4 Å². The maximum Gasteiger partial charge on any atom is 0.205 e. The lowest BCUT2D eigenvalue weighted by Crippen LogP contribution is -2.41. The smallest absolute Gasteiger partial charge is 0.205 e. The van der Waals surface area contributed by atoms with E-state index in [4.69, 9.17) is 10.6 Å². The average molecular weight is 292 g/mol. The number of methoxy groups -OCH3 is 1. The lowest BCUT2D eigenvalue weighted by atomic mass is 10.1. The highest BCUT2D eigenvalue weighted by Gasteiger charge is 2.31. The van der Waals surface area contributed by atoms with E-state index in [1.54, 1.807) is 7.11 Å². The van der Waals surface area contributed by atoms with E-state index >= 15 is 0 Å². The Morgan fingerprint density at radius 1 is 1.24 bits per heavy atom. The van der Waals surface area contributed by atoms with Gasteiger partial charge in [-0.3, -0.25) is 4.90 Å². The topological polar surface area (TPSA) is 79.5 Å². The van der Waals surface area contributed by atoms with Crippen molar-refractivity contribution in [3.8, 4) is 5.75 Å². The van der Waals surface area contributed by atoms with Crippen LogP contribution in [-0.2, 0) is 0 Å².